The van der Waals surface area contributed by atoms with Gasteiger partial charge >= 0.3 is 0 Å². The van der Waals surface area contributed by atoms with Crippen LogP contribution in [0.15, 0.2) is 243 Å². The van der Waals surface area contributed by atoms with Crippen LogP contribution in [0, 0.1) is 35.1 Å². The summed E-state index contributed by atoms with van der Waals surface area (Å²) >= 11 is 0. The van der Waals surface area contributed by atoms with Gasteiger partial charge in [-0.3, -0.25) is 0 Å². The van der Waals surface area contributed by atoms with Crippen LogP contribution >= 0.6 is 0 Å². The molecule has 0 saturated heterocycles. The zero-order chi connectivity index (χ0) is 52.0. The first-order chi connectivity index (χ1) is 37.9. The average molecular weight is 988 g/mol. The topological polar surface area (TPSA) is 93.4 Å². The molecule has 0 atom stereocenters. The van der Waals surface area contributed by atoms with Crippen LogP contribution in [0.25, 0.3) is 126 Å². The van der Waals surface area contributed by atoms with E-state index in [1.54, 1.807) is 0 Å². The van der Waals surface area contributed by atoms with Gasteiger partial charge in [-0.15, -0.1) is 0 Å². The highest BCUT2D eigenvalue weighted by Crippen LogP contribution is 2.39. The van der Waals surface area contributed by atoms with Crippen LogP contribution in [0.2, 0.25) is 0 Å². The number of nitrogens with zero attached hydrogens (tertiary/aromatic N) is 5. The van der Waals surface area contributed by atoms with Crippen molar-refractivity contribution in [3.05, 3.63) is 271 Å². The monoisotopic (exact) mass is 987 g/mol. The Bertz CT molecular complexity index is 4610. The van der Waals surface area contributed by atoms with Gasteiger partial charge in [-0.25, -0.2) is 9.24 Å². The van der Waals surface area contributed by atoms with Gasteiger partial charge in [0.05, 0.1) is 51.9 Å². The maximum absolute atomic E-state index is 12.1. The van der Waals surface area contributed by atoms with Gasteiger partial charge in [0.15, 0.2) is 5.69 Å². The molecule has 15 aromatic rings. The molecular formula is C69H42FN7. The van der Waals surface area contributed by atoms with E-state index in [4.69, 9.17) is 11.8 Å². The molecule has 0 spiro atoms. The lowest BCUT2D eigenvalue weighted by Gasteiger charge is -2.09. The lowest BCUT2D eigenvalue weighted by molar-refractivity contribution is 0.627. The Morgan fingerprint density at radius 3 is 1.14 bits per heavy atom. The fourth-order valence-electron chi connectivity index (χ4n) is 10.8. The number of H-pyrrole nitrogens is 2. The van der Waals surface area contributed by atoms with Gasteiger partial charge in [-0.1, -0.05) is 109 Å². The largest absolute Gasteiger partial charge is 0.355 e. The Balaban J connectivity index is 0.000000136. The van der Waals surface area contributed by atoms with Crippen LogP contribution in [0.4, 0.5) is 10.1 Å². The third kappa shape index (κ3) is 8.24. The molecule has 15 rings (SSSR count). The molecule has 8 heteroatoms. The smallest absolute Gasteiger partial charge is 0.187 e. The standard InChI is InChI=1S/C38H22N4.C24H16N2.C7H4FN/c1-40-28-14-18-30(19-15-28)42-36-9-5-3-7-32(36)34-23-27(13-21-38(34)42)26-12-20-37-33(22-26)31-6-2-4-8-35(31)41(37)29-16-10-25(24-39)11-17-29;1-3-7-21-17(5-1)19-13-15(9-11-23(19)25-21)16-10-12-24-20(14-16)18-6-2-4-8-22(18)26-24;8-7-3-1-6(5-9)2-4-7/h2-23H;1-14,25-26H;1-4H. The molecule has 7 nitrogen and oxygen atoms in total. The summed E-state index contributed by atoms with van der Waals surface area (Å²) < 4.78 is 16.7. The number of rotatable bonds is 4. The lowest BCUT2D eigenvalue weighted by atomic mass is 10.0. The highest BCUT2D eigenvalue weighted by molar-refractivity contribution is 6.14. The van der Waals surface area contributed by atoms with Gasteiger partial charge in [-0.2, -0.15) is 10.5 Å². The van der Waals surface area contributed by atoms with Crippen molar-refractivity contribution in [3.8, 4) is 45.8 Å². The molecule has 0 aliphatic rings. The molecule has 0 unspecified atom stereocenters. The number of benzene rings is 11. The van der Waals surface area contributed by atoms with E-state index < -0.39 is 0 Å². The maximum Gasteiger partial charge on any atom is 0.187 e. The van der Waals surface area contributed by atoms with E-state index in [1.807, 2.05) is 54.6 Å². The van der Waals surface area contributed by atoms with E-state index >= 15 is 0 Å². The molecule has 0 saturated carbocycles. The molecule has 11 aromatic carbocycles. The number of halogens is 1. The first-order valence-electron chi connectivity index (χ1n) is 25.2. The van der Waals surface area contributed by atoms with Gasteiger partial charge < -0.3 is 19.1 Å². The van der Waals surface area contributed by atoms with Crippen LogP contribution < -0.4 is 0 Å². The molecule has 0 fully saturated rings. The zero-order valence-electron chi connectivity index (χ0n) is 41.2. The molecular weight excluding hydrogens is 946 g/mol. The summed E-state index contributed by atoms with van der Waals surface area (Å²) in [6.07, 6.45) is 0. The van der Waals surface area contributed by atoms with Crippen molar-refractivity contribution in [2.24, 2.45) is 0 Å². The Morgan fingerprint density at radius 2 is 0.701 bits per heavy atom. The molecule has 4 heterocycles. The second-order valence-electron chi connectivity index (χ2n) is 18.9. The Kier molecular flexibility index (Phi) is 11.4. The van der Waals surface area contributed by atoms with Crippen molar-refractivity contribution in [2.45, 2.75) is 0 Å². The molecule has 0 radical (unpaired) electrons. The van der Waals surface area contributed by atoms with E-state index in [0.29, 0.717) is 16.8 Å². The van der Waals surface area contributed by atoms with Gasteiger partial charge in [0.1, 0.15) is 5.82 Å². The van der Waals surface area contributed by atoms with Crippen molar-refractivity contribution in [1.29, 1.82) is 10.5 Å². The van der Waals surface area contributed by atoms with Crippen molar-refractivity contribution in [2.75, 3.05) is 0 Å². The van der Waals surface area contributed by atoms with Crippen LogP contribution in [-0.4, -0.2) is 19.1 Å². The number of aromatic nitrogens is 4. The van der Waals surface area contributed by atoms with Gasteiger partial charge in [0.25, 0.3) is 0 Å². The summed E-state index contributed by atoms with van der Waals surface area (Å²) in [6.45, 7) is 7.32. The summed E-state index contributed by atoms with van der Waals surface area (Å²) in [5.41, 5.74) is 17.9. The first kappa shape index (κ1) is 45.9. The minimum Gasteiger partial charge on any atom is -0.355 e. The van der Waals surface area contributed by atoms with Crippen molar-refractivity contribution >= 4 is 92.9 Å². The number of hydrogen-bond donors (Lipinski definition) is 2. The van der Waals surface area contributed by atoms with E-state index in [9.17, 15) is 9.65 Å². The number of hydrogen-bond acceptors (Lipinski definition) is 2. The highest BCUT2D eigenvalue weighted by Gasteiger charge is 2.17. The zero-order valence-corrected chi connectivity index (χ0v) is 41.2. The first-order valence-corrected chi connectivity index (χ1v) is 25.2. The molecule has 0 aliphatic carbocycles. The fraction of sp³-hybridized carbons (Fsp3) is 0. The average Bonchev–Trinajstić information content (AvgIpc) is 4.37. The van der Waals surface area contributed by atoms with Crippen molar-refractivity contribution in [3.63, 3.8) is 0 Å². The number of aromatic amines is 2. The Morgan fingerprint density at radius 1 is 0.351 bits per heavy atom. The molecule has 2 N–H and O–H groups in total. The summed E-state index contributed by atoms with van der Waals surface area (Å²) in [6, 6.07) is 85.8. The van der Waals surface area contributed by atoms with Gasteiger partial charge in [0.2, 0.25) is 0 Å². The predicted molar refractivity (Wildman–Crippen MR) is 313 cm³/mol. The second kappa shape index (κ2) is 19.1. The third-order valence-electron chi connectivity index (χ3n) is 14.5. The van der Waals surface area contributed by atoms with E-state index in [-0.39, 0.29) is 5.82 Å². The molecule has 0 aliphatic heterocycles. The minimum absolute atomic E-state index is 0.311. The number of para-hydroxylation sites is 4. The normalized spacial score (nSPS) is 11.1. The SMILES string of the molecule is N#Cc1ccc(F)cc1.[C-]#[N+]c1ccc(-n2c3ccccc3c3cc(-c4ccc5c(c4)c4ccccc4n5-c4ccc(C#N)cc4)ccc32)cc1.c1ccc2c(c1)[nH]c1ccc(-c3ccc4[nH]c5ccccc5c4c3)cc12. The summed E-state index contributed by atoms with van der Waals surface area (Å²) in [4.78, 5) is 10.6. The van der Waals surface area contributed by atoms with Gasteiger partial charge in [-0.05, 0) is 156 Å². The number of fused-ring (bicyclic) bond motifs is 12. The maximum atomic E-state index is 12.1. The lowest BCUT2D eigenvalue weighted by Crippen LogP contribution is -1.93. The van der Waals surface area contributed by atoms with Crippen molar-refractivity contribution in [1.82, 2.24) is 19.1 Å². The minimum atomic E-state index is -0.311. The van der Waals surface area contributed by atoms with E-state index in [2.05, 4.69) is 200 Å². The Hall–Kier alpha value is -11.0. The van der Waals surface area contributed by atoms with Crippen LogP contribution in [-0.2, 0) is 0 Å². The summed E-state index contributed by atoms with van der Waals surface area (Å²) in [7, 11) is 0. The predicted octanol–water partition coefficient (Wildman–Crippen LogP) is 18.3. The van der Waals surface area contributed by atoms with Gasteiger partial charge in [0, 0.05) is 76.5 Å². The second-order valence-corrected chi connectivity index (χ2v) is 18.9. The molecule has 77 heavy (non-hydrogen) atoms. The van der Waals surface area contributed by atoms with Crippen LogP contribution in [0.5, 0.6) is 0 Å². The molecule has 360 valence electrons. The third-order valence-corrected chi connectivity index (χ3v) is 14.5. The fourth-order valence-corrected chi connectivity index (χ4v) is 10.8. The summed E-state index contributed by atoms with van der Waals surface area (Å²) in [5.74, 6) is -0.311. The molecule has 0 amide bonds. The molecule has 0 bridgehead atoms. The molecule has 4 aromatic heterocycles. The number of nitrogens with one attached hydrogen (secondary N) is 2. The van der Waals surface area contributed by atoms with Crippen molar-refractivity contribution < 1.29 is 4.39 Å². The number of nitriles is 2. The highest BCUT2D eigenvalue weighted by atomic mass is 19.1. The quantitative estimate of drug-likeness (QED) is 0.172. The van der Waals surface area contributed by atoms with Crippen LogP contribution in [0.1, 0.15) is 11.1 Å². The summed E-state index contributed by atoms with van der Waals surface area (Å²) in [5, 5.41) is 27.4. The van der Waals surface area contributed by atoms with E-state index in [0.717, 1.165) is 44.6 Å². The van der Waals surface area contributed by atoms with Crippen LogP contribution in [0.3, 0.4) is 0 Å². The Labute approximate surface area is 441 Å². The van der Waals surface area contributed by atoms with E-state index in [1.165, 1.54) is 101 Å².